The first-order valence-corrected chi connectivity index (χ1v) is 8.72. The molecule has 1 N–H and O–H groups in total. The number of anilines is 1. The fourth-order valence-corrected chi connectivity index (χ4v) is 4.36. The molecule has 3 rings (SSSR count). The lowest BCUT2D eigenvalue weighted by Crippen LogP contribution is -2.31. The largest absolute Gasteiger partial charge is 0.495 e. The minimum Gasteiger partial charge on any atom is -0.495 e. The van der Waals surface area contributed by atoms with Gasteiger partial charge in [-0.15, -0.1) is 0 Å². The molecule has 0 radical (unpaired) electrons. The maximum absolute atomic E-state index is 5.38. The number of hydrogen-bond donors (Lipinski definition) is 1. The Kier molecular flexibility index (Phi) is 4.29. The molecule has 2 aliphatic rings. The number of ether oxygens (including phenoxy) is 1. The first-order valence-electron chi connectivity index (χ1n) is 7.13. The molecule has 0 spiro atoms. The number of methoxy groups -OCH3 is 1. The van der Waals surface area contributed by atoms with Crippen LogP contribution >= 0.6 is 31.9 Å². The number of hydrogen-bond acceptors (Lipinski definition) is 3. The van der Waals surface area contributed by atoms with Gasteiger partial charge in [0, 0.05) is 35.2 Å². The third kappa shape index (κ3) is 3.00. The number of rotatable bonds is 4. The Bertz CT molecular complexity index is 505. The molecule has 2 unspecified atom stereocenters. The topological polar surface area (TPSA) is 24.5 Å². The highest BCUT2D eigenvalue weighted by Gasteiger charge is 2.38. The first-order chi connectivity index (χ1) is 9.58. The minimum absolute atomic E-state index is 0.521. The Hall–Kier alpha value is -0.260. The smallest absolute Gasteiger partial charge is 0.135 e. The fraction of sp³-hybridized carbons (Fsp3) is 0.600. The highest BCUT2D eigenvalue weighted by atomic mass is 79.9. The van der Waals surface area contributed by atoms with Crippen LogP contribution in [-0.2, 0) is 0 Å². The lowest BCUT2D eigenvalue weighted by molar-refractivity contribution is 0.257. The van der Waals surface area contributed by atoms with Crippen molar-refractivity contribution < 1.29 is 4.74 Å². The van der Waals surface area contributed by atoms with Gasteiger partial charge in [0.1, 0.15) is 5.75 Å². The summed E-state index contributed by atoms with van der Waals surface area (Å²) in [6, 6.07) is 6.15. The zero-order valence-electron chi connectivity index (χ0n) is 11.8. The van der Waals surface area contributed by atoms with E-state index in [2.05, 4.69) is 55.1 Å². The van der Waals surface area contributed by atoms with E-state index < -0.39 is 0 Å². The van der Waals surface area contributed by atoms with Crippen LogP contribution in [0.5, 0.6) is 5.75 Å². The summed E-state index contributed by atoms with van der Waals surface area (Å²) in [7, 11) is 1.70. The van der Waals surface area contributed by atoms with E-state index in [-0.39, 0.29) is 0 Å². The third-order valence-electron chi connectivity index (χ3n) is 4.24. The van der Waals surface area contributed by atoms with Crippen molar-refractivity contribution in [2.75, 3.05) is 19.0 Å². The normalized spacial score (nSPS) is 26.8. The molecule has 0 aromatic heterocycles. The highest BCUT2D eigenvalue weighted by Crippen LogP contribution is 2.37. The molecule has 1 heterocycles. The van der Waals surface area contributed by atoms with Crippen molar-refractivity contribution in [1.29, 1.82) is 0 Å². The van der Waals surface area contributed by atoms with E-state index in [0.717, 1.165) is 33.0 Å². The van der Waals surface area contributed by atoms with E-state index in [0.29, 0.717) is 12.1 Å². The van der Waals surface area contributed by atoms with E-state index >= 15 is 0 Å². The molecule has 2 fully saturated rings. The van der Waals surface area contributed by atoms with E-state index in [9.17, 15) is 0 Å². The van der Waals surface area contributed by atoms with Crippen LogP contribution in [0, 0.1) is 0 Å². The van der Waals surface area contributed by atoms with Crippen molar-refractivity contribution in [2.24, 2.45) is 0 Å². The molecule has 20 heavy (non-hydrogen) atoms. The summed E-state index contributed by atoms with van der Waals surface area (Å²) in [5.41, 5.74) is 1.11. The van der Waals surface area contributed by atoms with Gasteiger partial charge in [-0.3, -0.25) is 4.90 Å². The van der Waals surface area contributed by atoms with Crippen molar-refractivity contribution in [3.63, 3.8) is 0 Å². The van der Waals surface area contributed by atoms with Crippen LogP contribution in [-0.4, -0.2) is 36.7 Å². The van der Waals surface area contributed by atoms with Crippen LogP contribution in [0.15, 0.2) is 21.1 Å². The van der Waals surface area contributed by atoms with Gasteiger partial charge >= 0.3 is 0 Å². The van der Waals surface area contributed by atoms with E-state index in [1.54, 1.807) is 7.11 Å². The van der Waals surface area contributed by atoms with Crippen LogP contribution in [0.25, 0.3) is 0 Å². The monoisotopic (exact) mass is 402 g/mol. The average Bonchev–Trinajstić information content (AvgIpc) is 3.17. The van der Waals surface area contributed by atoms with Crippen LogP contribution in [0.4, 0.5) is 5.69 Å². The van der Waals surface area contributed by atoms with Crippen molar-refractivity contribution in [3.05, 3.63) is 21.1 Å². The summed E-state index contributed by atoms with van der Waals surface area (Å²) in [4.78, 5) is 2.65. The molecule has 1 saturated carbocycles. The molecule has 2 atom stereocenters. The summed E-state index contributed by atoms with van der Waals surface area (Å²) >= 11 is 7.14. The Morgan fingerprint density at radius 3 is 2.65 bits per heavy atom. The second-order valence-corrected chi connectivity index (χ2v) is 7.53. The van der Waals surface area contributed by atoms with Gasteiger partial charge in [-0.2, -0.15) is 0 Å². The Balaban J connectivity index is 1.71. The van der Waals surface area contributed by atoms with Crippen molar-refractivity contribution in [2.45, 2.75) is 44.3 Å². The maximum Gasteiger partial charge on any atom is 0.135 e. The summed E-state index contributed by atoms with van der Waals surface area (Å²) < 4.78 is 7.42. The fourth-order valence-electron chi connectivity index (χ4n) is 3.09. The van der Waals surface area contributed by atoms with Crippen molar-refractivity contribution in [3.8, 4) is 5.75 Å². The third-order valence-corrected chi connectivity index (χ3v) is 5.52. The van der Waals surface area contributed by atoms with Crippen LogP contribution in [0.2, 0.25) is 0 Å². The van der Waals surface area contributed by atoms with Gasteiger partial charge in [0.25, 0.3) is 0 Å². The summed E-state index contributed by atoms with van der Waals surface area (Å²) in [5, 5.41) is 3.66. The minimum atomic E-state index is 0.521. The van der Waals surface area contributed by atoms with Crippen LogP contribution < -0.4 is 10.1 Å². The van der Waals surface area contributed by atoms with Gasteiger partial charge < -0.3 is 10.1 Å². The SMILES string of the molecule is COc1cc(NC2CC(C)N(C3CC3)C2)c(Br)cc1Br. The number of halogens is 2. The average molecular weight is 404 g/mol. The van der Waals surface area contributed by atoms with Gasteiger partial charge in [0.15, 0.2) is 0 Å². The summed E-state index contributed by atoms with van der Waals surface area (Å²) in [6.07, 6.45) is 3.97. The molecule has 1 aromatic rings. The highest BCUT2D eigenvalue weighted by molar-refractivity contribution is 9.11. The summed E-state index contributed by atoms with van der Waals surface area (Å²) in [5.74, 6) is 0.862. The predicted octanol–water partition coefficient (Wildman–Crippen LogP) is 4.26. The molecular weight excluding hydrogens is 384 g/mol. The van der Waals surface area contributed by atoms with Crippen LogP contribution in [0.1, 0.15) is 26.2 Å². The lowest BCUT2D eigenvalue weighted by atomic mass is 10.2. The van der Waals surface area contributed by atoms with Crippen molar-refractivity contribution >= 4 is 37.5 Å². The van der Waals surface area contributed by atoms with Gasteiger partial charge in [-0.25, -0.2) is 0 Å². The Morgan fingerprint density at radius 1 is 1.25 bits per heavy atom. The molecule has 1 saturated heterocycles. The van der Waals surface area contributed by atoms with E-state index in [1.165, 1.54) is 19.3 Å². The lowest BCUT2D eigenvalue weighted by Gasteiger charge is -2.20. The van der Waals surface area contributed by atoms with Gasteiger partial charge in [-0.05, 0) is 64.1 Å². The van der Waals surface area contributed by atoms with Gasteiger partial charge in [0.2, 0.25) is 0 Å². The van der Waals surface area contributed by atoms with E-state index in [1.807, 2.05) is 6.07 Å². The van der Waals surface area contributed by atoms with Crippen LogP contribution in [0.3, 0.4) is 0 Å². The second-order valence-electron chi connectivity index (χ2n) is 5.82. The molecule has 5 heteroatoms. The maximum atomic E-state index is 5.38. The van der Waals surface area contributed by atoms with Gasteiger partial charge in [0.05, 0.1) is 17.3 Å². The van der Waals surface area contributed by atoms with Crippen molar-refractivity contribution in [1.82, 2.24) is 4.90 Å². The second kappa shape index (κ2) is 5.85. The predicted molar refractivity (Wildman–Crippen MR) is 89.6 cm³/mol. The first kappa shape index (κ1) is 14.7. The molecule has 0 amide bonds. The molecule has 1 aromatic carbocycles. The number of nitrogens with zero attached hydrogens (tertiary/aromatic N) is 1. The molecule has 1 aliphatic carbocycles. The quantitative estimate of drug-likeness (QED) is 0.812. The number of benzene rings is 1. The molecule has 1 aliphatic heterocycles. The zero-order valence-corrected chi connectivity index (χ0v) is 15.0. The summed E-state index contributed by atoms with van der Waals surface area (Å²) in [6.45, 7) is 3.49. The number of likely N-dealkylation sites (tertiary alicyclic amines) is 1. The Morgan fingerprint density at radius 2 is 2.00 bits per heavy atom. The Labute approximate surface area is 137 Å². The van der Waals surface area contributed by atoms with Gasteiger partial charge in [-0.1, -0.05) is 0 Å². The molecular formula is C15H20Br2N2O. The standard InChI is InChI=1S/C15H20Br2N2O/c1-9-5-10(8-19(9)11-3-4-11)18-14-7-15(20-2)13(17)6-12(14)16/h6-7,9-11,18H,3-5,8H2,1-2H3. The molecule has 3 nitrogen and oxygen atoms in total. The number of nitrogens with one attached hydrogen (secondary N) is 1. The zero-order chi connectivity index (χ0) is 14.3. The van der Waals surface area contributed by atoms with E-state index in [4.69, 9.17) is 4.74 Å². The molecule has 110 valence electrons. The molecule has 0 bridgehead atoms.